The lowest BCUT2D eigenvalue weighted by Crippen LogP contribution is -2.45. The zero-order chi connectivity index (χ0) is 15.8. The molecule has 2 rings (SSSR count). The van der Waals surface area contributed by atoms with Crippen molar-refractivity contribution in [3.05, 3.63) is 29.3 Å². The molecule has 1 aliphatic heterocycles. The highest BCUT2D eigenvalue weighted by atomic mass is 19.4. The molecule has 0 bridgehead atoms. The van der Waals surface area contributed by atoms with Gasteiger partial charge in [0.1, 0.15) is 5.84 Å². The zero-order valence-electron chi connectivity index (χ0n) is 11.9. The maximum Gasteiger partial charge on any atom is 0.417 e. The Morgan fingerprint density at radius 2 is 1.86 bits per heavy atom. The number of nitrogens with zero attached hydrogens (tertiary/aromatic N) is 1. The molecule has 1 saturated heterocycles. The van der Waals surface area contributed by atoms with E-state index >= 15 is 0 Å². The molecule has 1 aromatic carbocycles. The molecule has 0 amide bonds. The second kappa shape index (κ2) is 5.55. The monoisotopic (exact) mass is 301 g/mol. The van der Waals surface area contributed by atoms with Crippen LogP contribution in [0.4, 0.5) is 18.9 Å². The van der Waals surface area contributed by atoms with Crippen LogP contribution in [0.1, 0.15) is 25.0 Å². The summed E-state index contributed by atoms with van der Waals surface area (Å²) in [6, 6.07) is 3.88. The highest BCUT2D eigenvalue weighted by Gasteiger charge is 2.35. The van der Waals surface area contributed by atoms with Crippen molar-refractivity contribution in [2.75, 3.05) is 18.0 Å². The van der Waals surface area contributed by atoms with E-state index in [1.807, 2.05) is 18.7 Å². The molecule has 1 heterocycles. The van der Waals surface area contributed by atoms with E-state index in [1.54, 1.807) is 6.07 Å². The third kappa shape index (κ3) is 3.47. The van der Waals surface area contributed by atoms with Gasteiger partial charge < -0.3 is 15.4 Å². The predicted octanol–water partition coefficient (Wildman–Crippen LogP) is 2.60. The summed E-state index contributed by atoms with van der Waals surface area (Å²) in [6.45, 7) is 4.83. The molecule has 1 aromatic rings. The SMILES string of the molecule is CC1CN(c2ccc(C(=N)N)c(C(F)(F)F)c2)CC(C)O1. The first-order valence-electron chi connectivity index (χ1n) is 6.64. The topological polar surface area (TPSA) is 62.3 Å². The lowest BCUT2D eigenvalue weighted by atomic mass is 10.0. The first kappa shape index (κ1) is 15.6. The van der Waals surface area contributed by atoms with Gasteiger partial charge in [-0.05, 0) is 32.0 Å². The normalized spacial score (nSPS) is 23.2. The summed E-state index contributed by atoms with van der Waals surface area (Å²) in [5.74, 6) is -0.586. The van der Waals surface area contributed by atoms with Crippen LogP contribution in [0.2, 0.25) is 0 Å². The molecule has 4 nitrogen and oxygen atoms in total. The van der Waals surface area contributed by atoms with E-state index in [2.05, 4.69) is 0 Å². The summed E-state index contributed by atoms with van der Waals surface area (Å²) in [5, 5.41) is 7.28. The Labute approximate surface area is 121 Å². The number of hydrogen-bond acceptors (Lipinski definition) is 3. The second-order valence-corrected chi connectivity index (χ2v) is 5.30. The van der Waals surface area contributed by atoms with Crippen LogP contribution in [0.25, 0.3) is 0 Å². The zero-order valence-corrected chi connectivity index (χ0v) is 11.9. The molecule has 1 fully saturated rings. The fourth-order valence-electron chi connectivity index (χ4n) is 2.59. The van der Waals surface area contributed by atoms with Crippen molar-refractivity contribution < 1.29 is 17.9 Å². The van der Waals surface area contributed by atoms with E-state index in [1.165, 1.54) is 6.07 Å². The van der Waals surface area contributed by atoms with E-state index in [0.29, 0.717) is 18.8 Å². The number of nitrogens with two attached hydrogens (primary N) is 1. The molecule has 1 aliphatic rings. The van der Waals surface area contributed by atoms with E-state index < -0.39 is 17.6 Å². The van der Waals surface area contributed by atoms with Crippen molar-refractivity contribution in [3.8, 4) is 0 Å². The fourth-order valence-corrected chi connectivity index (χ4v) is 2.59. The van der Waals surface area contributed by atoms with E-state index in [-0.39, 0.29) is 17.8 Å². The Morgan fingerprint density at radius 3 is 2.33 bits per heavy atom. The van der Waals surface area contributed by atoms with Crippen molar-refractivity contribution >= 4 is 11.5 Å². The largest absolute Gasteiger partial charge is 0.417 e. The summed E-state index contributed by atoms with van der Waals surface area (Å²) in [6.07, 6.45) is -4.63. The Kier molecular flexibility index (Phi) is 4.13. The van der Waals surface area contributed by atoms with Crippen LogP contribution in [-0.4, -0.2) is 31.1 Å². The third-order valence-electron chi connectivity index (χ3n) is 3.38. The summed E-state index contributed by atoms with van der Waals surface area (Å²) in [7, 11) is 0. The van der Waals surface area contributed by atoms with Gasteiger partial charge in [0.2, 0.25) is 0 Å². The van der Waals surface area contributed by atoms with Crippen LogP contribution >= 0.6 is 0 Å². The highest BCUT2D eigenvalue weighted by molar-refractivity contribution is 5.97. The minimum absolute atomic E-state index is 0.0458. The summed E-state index contributed by atoms with van der Waals surface area (Å²) in [5.41, 5.74) is 4.53. The number of anilines is 1. The van der Waals surface area contributed by atoms with Gasteiger partial charge in [-0.25, -0.2) is 0 Å². The molecular formula is C14H18F3N3O. The van der Waals surface area contributed by atoms with Crippen molar-refractivity contribution in [2.24, 2.45) is 5.73 Å². The molecule has 0 radical (unpaired) electrons. The molecule has 0 saturated carbocycles. The second-order valence-electron chi connectivity index (χ2n) is 5.30. The van der Waals surface area contributed by atoms with Gasteiger partial charge in [0, 0.05) is 24.3 Å². The van der Waals surface area contributed by atoms with Crippen molar-refractivity contribution in [3.63, 3.8) is 0 Å². The Bertz CT molecular complexity index is 535. The van der Waals surface area contributed by atoms with Crippen LogP contribution < -0.4 is 10.6 Å². The maximum atomic E-state index is 13.1. The third-order valence-corrected chi connectivity index (χ3v) is 3.38. The molecule has 0 aliphatic carbocycles. The molecule has 2 unspecified atom stereocenters. The number of alkyl halides is 3. The van der Waals surface area contributed by atoms with E-state index in [9.17, 15) is 13.2 Å². The van der Waals surface area contributed by atoms with E-state index in [0.717, 1.165) is 6.07 Å². The lowest BCUT2D eigenvalue weighted by Gasteiger charge is -2.37. The smallest absolute Gasteiger partial charge is 0.384 e. The van der Waals surface area contributed by atoms with Gasteiger partial charge in [-0.15, -0.1) is 0 Å². The predicted molar refractivity (Wildman–Crippen MR) is 74.7 cm³/mol. The summed E-state index contributed by atoms with van der Waals surface area (Å²) < 4.78 is 44.9. The van der Waals surface area contributed by atoms with Crippen LogP contribution in [0.15, 0.2) is 18.2 Å². The molecular weight excluding hydrogens is 283 g/mol. The lowest BCUT2D eigenvalue weighted by molar-refractivity contribution is -0.137. The highest BCUT2D eigenvalue weighted by Crippen LogP contribution is 2.35. The molecule has 0 aromatic heterocycles. The Hall–Kier alpha value is -1.76. The Morgan fingerprint density at radius 1 is 1.29 bits per heavy atom. The minimum Gasteiger partial charge on any atom is -0.384 e. The number of ether oxygens (including phenoxy) is 1. The molecule has 116 valence electrons. The fraction of sp³-hybridized carbons (Fsp3) is 0.500. The minimum atomic E-state index is -4.54. The van der Waals surface area contributed by atoms with Crippen molar-refractivity contribution in [1.82, 2.24) is 0 Å². The van der Waals surface area contributed by atoms with Crippen molar-refractivity contribution in [2.45, 2.75) is 32.2 Å². The number of halogens is 3. The molecule has 2 atom stereocenters. The number of amidine groups is 1. The number of nitrogens with one attached hydrogen (secondary N) is 1. The van der Waals surface area contributed by atoms with Crippen LogP contribution in [0, 0.1) is 5.41 Å². The number of benzene rings is 1. The summed E-state index contributed by atoms with van der Waals surface area (Å²) >= 11 is 0. The quantitative estimate of drug-likeness (QED) is 0.652. The maximum absolute atomic E-state index is 13.1. The summed E-state index contributed by atoms with van der Waals surface area (Å²) in [4.78, 5) is 1.86. The standard InChI is InChI=1S/C14H18F3N3O/c1-8-6-20(7-9(2)21-8)10-3-4-11(13(18)19)12(5-10)14(15,16)17/h3-5,8-9H,6-7H2,1-2H3,(H3,18,19). The van der Waals surface area contributed by atoms with Crippen LogP contribution in [-0.2, 0) is 10.9 Å². The number of nitrogen functional groups attached to an aromatic ring is 1. The molecule has 3 N–H and O–H groups in total. The van der Waals surface area contributed by atoms with Crippen LogP contribution in [0.3, 0.4) is 0 Å². The van der Waals surface area contributed by atoms with E-state index in [4.69, 9.17) is 15.9 Å². The van der Waals surface area contributed by atoms with Gasteiger partial charge in [-0.2, -0.15) is 13.2 Å². The van der Waals surface area contributed by atoms with Crippen LogP contribution in [0.5, 0.6) is 0 Å². The van der Waals surface area contributed by atoms with Gasteiger partial charge in [0.15, 0.2) is 0 Å². The number of rotatable bonds is 2. The molecule has 21 heavy (non-hydrogen) atoms. The molecule has 7 heteroatoms. The molecule has 0 spiro atoms. The van der Waals surface area contributed by atoms with Gasteiger partial charge in [0.25, 0.3) is 0 Å². The average Bonchev–Trinajstić information content (AvgIpc) is 2.35. The van der Waals surface area contributed by atoms with Gasteiger partial charge in [0.05, 0.1) is 17.8 Å². The first-order chi connectivity index (χ1) is 9.68. The van der Waals surface area contributed by atoms with Gasteiger partial charge in [-0.1, -0.05) is 0 Å². The van der Waals surface area contributed by atoms with Crippen molar-refractivity contribution in [1.29, 1.82) is 5.41 Å². The average molecular weight is 301 g/mol. The number of hydrogen-bond donors (Lipinski definition) is 2. The van der Waals surface area contributed by atoms with Gasteiger partial charge in [-0.3, -0.25) is 5.41 Å². The Balaban J connectivity index is 2.40. The van der Waals surface area contributed by atoms with Gasteiger partial charge >= 0.3 is 6.18 Å². The number of morpholine rings is 1. The first-order valence-corrected chi connectivity index (χ1v) is 6.64.